The molecule has 0 N–H and O–H groups in total. The van der Waals surface area contributed by atoms with Crippen molar-refractivity contribution in [3.63, 3.8) is 0 Å². The van der Waals surface area contributed by atoms with E-state index in [4.69, 9.17) is 4.74 Å². The van der Waals surface area contributed by atoms with Gasteiger partial charge in [0.2, 0.25) is 0 Å². The number of ether oxygens (including phenoxy) is 1. The Morgan fingerprint density at radius 2 is 1.71 bits per heavy atom. The van der Waals surface area contributed by atoms with Gasteiger partial charge in [-0.15, -0.1) is 0 Å². The Morgan fingerprint density at radius 1 is 1.14 bits per heavy atom. The van der Waals surface area contributed by atoms with Crippen molar-refractivity contribution in [2.45, 2.75) is 20.3 Å². The van der Waals surface area contributed by atoms with Gasteiger partial charge in [0.25, 0.3) is 6.43 Å². The van der Waals surface area contributed by atoms with Gasteiger partial charge in [0, 0.05) is 5.56 Å². The van der Waals surface area contributed by atoms with Crippen molar-refractivity contribution in [1.29, 1.82) is 0 Å². The van der Waals surface area contributed by atoms with E-state index in [0.717, 1.165) is 0 Å². The SMILES string of the molecule is CC(C)COc1ccc(C(F)F)cc1. The molecule has 0 amide bonds. The monoisotopic (exact) mass is 200 g/mol. The van der Waals surface area contributed by atoms with Gasteiger partial charge in [0.1, 0.15) is 5.75 Å². The van der Waals surface area contributed by atoms with E-state index in [-0.39, 0.29) is 5.56 Å². The smallest absolute Gasteiger partial charge is 0.263 e. The normalized spacial score (nSPS) is 11.0. The van der Waals surface area contributed by atoms with Crippen molar-refractivity contribution in [3.8, 4) is 5.75 Å². The van der Waals surface area contributed by atoms with Gasteiger partial charge in [0.05, 0.1) is 6.61 Å². The lowest BCUT2D eigenvalue weighted by atomic mass is 10.2. The molecular weight excluding hydrogens is 186 g/mol. The largest absolute Gasteiger partial charge is 0.493 e. The lowest BCUT2D eigenvalue weighted by Gasteiger charge is -2.08. The quantitative estimate of drug-likeness (QED) is 0.720. The molecule has 1 nitrogen and oxygen atoms in total. The Kier molecular flexibility index (Phi) is 3.86. The molecule has 0 saturated heterocycles. The highest BCUT2D eigenvalue weighted by Gasteiger charge is 2.06. The minimum absolute atomic E-state index is 0.0295. The molecule has 0 aliphatic heterocycles. The van der Waals surface area contributed by atoms with E-state index in [1.165, 1.54) is 12.1 Å². The van der Waals surface area contributed by atoms with Gasteiger partial charge in [0.15, 0.2) is 0 Å². The summed E-state index contributed by atoms with van der Waals surface area (Å²) in [5, 5.41) is 0. The first-order valence-electron chi connectivity index (χ1n) is 4.60. The van der Waals surface area contributed by atoms with Crippen LogP contribution in [0, 0.1) is 5.92 Å². The summed E-state index contributed by atoms with van der Waals surface area (Å²) in [4.78, 5) is 0. The highest BCUT2D eigenvalue weighted by atomic mass is 19.3. The molecule has 3 heteroatoms. The third kappa shape index (κ3) is 3.32. The molecule has 0 aromatic heterocycles. The van der Waals surface area contributed by atoms with E-state index in [0.29, 0.717) is 18.3 Å². The van der Waals surface area contributed by atoms with Gasteiger partial charge < -0.3 is 4.74 Å². The average molecular weight is 200 g/mol. The molecule has 0 bridgehead atoms. The summed E-state index contributed by atoms with van der Waals surface area (Å²) in [6, 6.07) is 5.92. The first-order chi connectivity index (χ1) is 6.59. The Morgan fingerprint density at radius 3 is 2.14 bits per heavy atom. The fourth-order valence-corrected chi connectivity index (χ4v) is 0.972. The van der Waals surface area contributed by atoms with Crippen LogP contribution < -0.4 is 4.74 Å². The molecule has 14 heavy (non-hydrogen) atoms. The van der Waals surface area contributed by atoms with Crippen LogP contribution in [0.1, 0.15) is 25.8 Å². The molecule has 78 valence electrons. The number of hydrogen-bond acceptors (Lipinski definition) is 1. The lowest BCUT2D eigenvalue weighted by molar-refractivity contribution is 0.151. The van der Waals surface area contributed by atoms with Crippen LogP contribution in [-0.2, 0) is 0 Å². The van der Waals surface area contributed by atoms with Gasteiger partial charge >= 0.3 is 0 Å². The van der Waals surface area contributed by atoms with E-state index in [1.54, 1.807) is 12.1 Å². The van der Waals surface area contributed by atoms with Crippen LogP contribution >= 0.6 is 0 Å². The zero-order valence-electron chi connectivity index (χ0n) is 8.34. The average Bonchev–Trinajstić information content (AvgIpc) is 2.15. The topological polar surface area (TPSA) is 9.23 Å². The summed E-state index contributed by atoms with van der Waals surface area (Å²) < 4.78 is 29.7. The highest BCUT2D eigenvalue weighted by molar-refractivity contribution is 5.27. The van der Waals surface area contributed by atoms with Crippen molar-refractivity contribution >= 4 is 0 Å². The van der Waals surface area contributed by atoms with E-state index < -0.39 is 6.43 Å². The van der Waals surface area contributed by atoms with Gasteiger partial charge in [-0.2, -0.15) is 0 Å². The number of rotatable bonds is 4. The summed E-state index contributed by atoms with van der Waals surface area (Å²) in [6.45, 7) is 4.68. The molecule has 1 aromatic rings. The lowest BCUT2D eigenvalue weighted by Crippen LogP contribution is -2.04. The number of alkyl halides is 2. The Labute approximate surface area is 82.7 Å². The van der Waals surface area contributed by atoms with Crippen molar-refractivity contribution in [1.82, 2.24) is 0 Å². The summed E-state index contributed by atoms with van der Waals surface area (Å²) in [5.41, 5.74) is 0.0295. The maximum atomic E-state index is 12.2. The van der Waals surface area contributed by atoms with Crippen molar-refractivity contribution < 1.29 is 13.5 Å². The summed E-state index contributed by atoms with van der Waals surface area (Å²) >= 11 is 0. The predicted octanol–water partition coefficient (Wildman–Crippen LogP) is 3.66. The molecule has 0 radical (unpaired) electrons. The molecular formula is C11H14F2O. The minimum Gasteiger partial charge on any atom is -0.493 e. The Hall–Kier alpha value is -1.12. The molecule has 0 atom stereocenters. The first kappa shape index (κ1) is 11.0. The fourth-order valence-electron chi connectivity index (χ4n) is 0.972. The minimum atomic E-state index is -2.41. The molecule has 0 saturated carbocycles. The Bertz CT molecular complexity index is 267. The number of benzene rings is 1. The van der Waals surface area contributed by atoms with E-state index >= 15 is 0 Å². The summed E-state index contributed by atoms with van der Waals surface area (Å²) in [6.07, 6.45) is -2.41. The second-order valence-corrected chi connectivity index (χ2v) is 3.57. The third-order valence-corrected chi connectivity index (χ3v) is 1.72. The molecule has 0 aliphatic carbocycles. The molecule has 0 unspecified atom stereocenters. The molecule has 0 heterocycles. The predicted molar refractivity (Wildman–Crippen MR) is 51.7 cm³/mol. The van der Waals surface area contributed by atoms with E-state index in [1.807, 2.05) is 13.8 Å². The van der Waals surface area contributed by atoms with E-state index in [9.17, 15) is 8.78 Å². The second-order valence-electron chi connectivity index (χ2n) is 3.57. The van der Waals surface area contributed by atoms with Gasteiger partial charge in [-0.3, -0.25) is 0 Å². The van der Waals surface area contributed by atoms with Crippen LogP contribution in [0.4, 0.5) is 8.78 Å². The fraction of sp³-hybridized carbons (Fsp3) is 0.455. The Balaban J connectivity index is 2.55. The van der Waals surface area contributed by atoms with Crippen molar-refractivity contribution in [2.24, 2.45) is 5.92 Å². The molecule has 0 aliphatic rings. The molecule has 1 aromatic carbocycles. The zero-order chi connectivity index (χ0) is 10.6. The molecule has 1 rings (SSSR count). The highest BCUT2D eigenvalue weighted by Crippen LogP contribution is 2.21. The third-order valence-electron chi connectivity index (χ3n) is 1.72. The van der Waals surface area contributed by atoms with Crippen LogP contribution in [0.15, 0.2) is 24.3 Å². The second kappa shape index (κ2) is 4.94. The van der Waals surface area contributed by atoms with Crippen LogP contribution in [0.2, 0.25) is 0 Å². The number of halogens is 2. The maximum Gasteiger partial charge on any atom is 0.263 e. The standard InChI is InChI=1S/C11H14F2O/c1-8(2)7-14-10-5-3-9(4-6-10)11(12)13/h3-6,8,11H,7H2,1-2H3. The summed E-state index contributed by atoms with van der Waals surface area (Å²) in [5.74, 6) is 1.08. The maximum absolute atomic E-state index is 12.2. The van der Waals surface area contributed by atoms with Crippen LogP contribution in [0.5, 0.6) is 5.75 Å². The zero-order valence-corrected chi connectivity index (χ0v) is 8.34. The van der Waals surface area contributed by atoms with E-state index in [2.05, 4.69) is 0 Å². The van der Waals surface area contributed by atoms with Crippen molar-refractivity contribution in [3.05, 3.63) is 29.8 Å². The van der Waals surface area contributed by atoms with Crippen LogP contribution in [0.3, 0.4) is 0 Å². The van der Waals surface area contributed by atoms with Gasteiger partial charge in [-0.1, -0.05) is 13.8 Å². The number of hydrogen-bond donors (Lipinski definition) is 0. The van der Waals surface area contributed by atoms with Crippen molar-refractivity contribution in [2.75, 3.05) is 6.61 Å². The van der Waals surface area contributed by atoms with Gasteiger partial charge in [-0.25, -0.2) is 8.78 Å². The van der Waals surface area contributed by atoms with Crippen LogP contribution in [0.25, 0.3) is 0 Å². The molecule has 0 fully saturated rings. The first-order valence-corrected chi connectivity index (χ1v) is 4.60. The van der Waals surface area contributed by atoms with Crippen LogP contribution in [-0.4, -0.2) is 6.61 Å². The molecule has 0 spiro atoms. The van der Waals surface area contributed by atoms with Gasteiger partial charge in [-0.05, 0) is 30.2 Å². The summed E-state index contributed by atoms with van der Waals surface area (Å²) in [7, 11) is 0.